The van der Waals surface area contributed by atoms with E-state index in [1.807, 2.05) is 0 Å². The molecule has 0 spiro atoms. The smallest absolute Gasteiger partial charge is 0.0507 e. The van der Waals surface area contributed by atoms with Gasteiger partial charge in [0.25, 0.3) is 0 Å². The molecule has 2 atom stereocenters. The van der Waals surface area contributed by atoms with E-state index >= 15 is 0 Å². The molecule has 0 bridgehead atoms. The highest BCUT2D eigenvalue weighted by atomic mass is 15.4. The summed E-state index contributed by atoms with van der Waals surface area (Å²) in [6.07, 6.45) is 5.80. The van der Waals surface area contributed by atoms with Gasteiger partial charge in [-0.2, -0.15) is 0 Å². The monoisotopic (exact) mass is 182 g/mol. The van der Waals surface area contributed by atoms with Crippen LogP contribution in [0.3, 0.4) is 0 Å². The first-order chi connectivity index (χ1) is 6.27. The number of likely N-dealkylation sites (N-methyl/N-ethyl adjacent to an activating group) is 1. The van der Waals surface area contributed by atoms with E-state index in [0.717, 1.165) is 12.0 Å². The Hall–Kier alpha value is -0.0800. The zero-order valence-corrected chi connectivity index (χ0v) is 9.00. The summed E-state index contributed by atoms with van der Waals surface area (Å²) < 4.78 is 0. The summed E-state index contributed by atoms with van der Waals surface area (Å²) in [5, 5.41) is 0. The van der Waals surface area contributed by atoms with Crippen molar-refractivity contribution in [3.8, 4) is 0 Å². The first-order valence-corrected chi connectivity index (χ1v) is 5.70. The Morgan fingerprint density at radius 2 is 1.85 bits per heavy atom. The van der Waals surface area contributed by atoms with Gasteiger partial charge in [-0.25, -0.2) is 0 Å². The lowest BCUT2D eigenvalue weighted by molar-refractivity contribution is 0.121. The van der Waals surface area contributed by atoms with Gasteiger partial charge in [-0.1, -0.05) is 19.8 Å². The van der Waals surface area contributed by atoms with Crippen molar-refractivity contribution in [2.24, 2.45) is 5.92 Å². The zero-order chi connectivity index (χ0) is 9.26. The standard InChI is InChI=1S/C11H22N2/c1-10-5-3-4-6-11(10)13-8-7-12(2)9-13/h10-11H,3-9H2,1-2H3. The van der Waals surface area contributed by atoms with Crippen LogP contribution in [0.15, 0.2) is 0 Å². The van der Waals surface area contributed by atoms with Crippen molar-refractivity contribution >= 4 is 0 Å². The molecule has 1 aliphatic carbocycles. The summed E-state index contributed by atoms with van der Waals surface area (Å²) in [7, 11) is 2.23. The zero-order valence-electron chi connectivity index (χ0n) is 9.00. The maximum atomic E-state index is 2.68. The van der Waals surface area contributed by atoms with E-state index in [-0.39, 0.29) is 0 Å². The van der Waals surface area contributed by atoms with Crippen LogP contribution in [0, 0.1) is 5.92 Å². The molecule has 1 heterocycles. The lowest BCUT2D eigenvalue weighted by Gasteiger charge is -2.35. The average molecular weight is 182 g/mol. The van der Waals surface area contributed by atoms with Crippen molar-refractivity contribution in [2.45, 2.75) is 38.6 Å². The molecule has 0 amide bonds. The second kappa shape index (κ2) is 3.97. The predicted octanol–water partition coefficient (Wildman–Crippen LogP) is 1.77. The van der Waals surface area contributed by atoms with Crippen LogP contribution >= 0.6 is 0 Å². The van der Waals surface area contributed by atoms with Crippen LogP contribution in [0.2, 0.25) is 0 Å². The molecule has 0 aromatic rings. The van der Waals surface area contributed by atoms with Crippen molar-refractivity contribution in [2.75, 3.05) is 26.8 Å². The van der Waals surface area contributed by atoms with Crippen molar-refractivity contribution in [1.29, 1.82) is 0 Å². The van der Waals surface area contributed by atoms with Gasteiger partial charge in [-0.15, -0.1) is 0 Å². The molecule has 2 fully saturated rings. The lowest BCUT2D eigenvalue weighted by atomic mass is 9.85. The fourth-order valence-corrected chi connectivity index (χ4v) is 2.86. The molecule has 0 aromatic heterocycles. The van der Waals surface area contributed by atoms with E-state index in [4.69, 9.17) is 0 Å². The summed E-state index contributed by atoms with van der Waals surface area (Å²) >= 11 is 0. The van der Waals surface area contributed by atoms with Gasteiger partial charge in [0.05, 0.1) is 6.67 Å². The number of rotatable bonds is 1. The van der Waals surface area contributed by atoms with E-state index in [1.54, 1.807) is 0 Å². The van der Waals surface area contributed by atoms with Gasteiger partial charge in [-0.05, 0) is 25.8 Å². The SMILES string of the molecule is CC1CCCCC1N1CCN(C)C1. The molecule has 2 unspecified atom stereocenters. The topological polar surface area (TPSA) is 6.48 Å². The van der Waals surface area contributed by atoms with E-state index in [9.17, 15) is 0 Å². The van der Waals surface area contributed by atoms with Crippen LogP contribution < -0.4 is 0 Å². The number of hydrogen-bond acceptors (Lipinski definition) is 2. The molecule has 2 aliphatic rings. The van der Waals surface area contributed by atoms with Crippen LogP contribution in [0.5, 0.6) is 0 Å². The van der Waals surface area contributed by atoms with E-state index in [0.29, 0.717) is 0 Å². The highest BCUT2D eigenvalue weighted by Crippen LogP contribution is 2.29. The summed E-state index contributed by atoms with van der Waals surface area (Å²) in [6, 6.07) is 0.888. The molecule has 1 aliphatic heterocycles. The van der Waals surface area contributed by atoms with Crippen molar-refractivity contribution in [3.05, 3.63) is 0 Å². The predicted molar refractivity (Wildman–Crippen MR) is 55.6 cm³/mol. The molecule has 0 N–H and O–H groups in total. The molecule has 2 nitrogen and oxygen atoms in total. The van der Waals surface area contributed by atoms with Crippen LogP contribution in [0.4, 0.5) is 0 Å². The first kappa shape index (κ1) is 9.47. The Labute approximate surface area is 81.9 Å². The summed E-state index contributed by atoms with van der Waals surface area (Å²) in [6.45, 7) is 6.20. The van der Waals surface area contributed by atoms with Gasteiger partial charge in [0.15, 0.2) is 0 Å². The van der Waals surface area contributed by atoms with Crippen LogP contribution in [-0.2, 0) is 0 Å². The maximum Gasteiger partial charge on any atom is 0.0507 e. The molecule has 0 radical (unpaired) electrons. The van der Waals surface area contributed by atoms with E-state index < -0.39 is 0 Å². The van der Waals surface area contributed by atoms with E-state index in [2.05, 4.69) is 23.8 Å². The second-order valence-corrected chi connectivity index (χ2v) is 4.86. The summed E-state index contributed by atoms with van der Waals surface area (Å²) in [4.78, 5) is 5.12. The molecule has 13 heavy (non-hydrogen) atoms. The van der Waals surface area contributed by atoms with Crippen LogP contribution in [0.25, 0.3) is 0 Å². The van der Waals surface area contributed by atoms with Crippen molar-refractivity contribution in [3.63, 3.8) is 0 Å². The van der Waals surface area contributed by atoms with Gasteiger partial charge in [0.2, 0.25) is 0 Å². The maximum absolute atomic E-state index is 2.68. The van der Waals surface area contributed by atoms with E-state index in [1.165, 1.54) is 45.4 Å². The highest BCUT2D eigenvalue weighted by Gasteiger charge is 2.30. The quantitative estimate of drug-likeness (QED) is 0.610. The van der Waals surface area contributed by atoms with Crippen molar-refractivity contribution in [1.82, 2.24) is 9.80 Å². The van der Waals surface area contributed by atoms with Gasteiger partial charge >= 0.3 is 0 Å². The molecule has 2 heteroatoms. The Kier molecular flexibility index (Phi) is 2.89. The van der Waals surface area contributed by atoms with Gasteiger partial charge in [0.1, 0.15) is 0 Å². The van der Waals surface area contributed by atoms with Crippen LogP contribution in [0.1, 0.15) is 32.6 Å². The minimum Gasteiger partial charge on any atom is -0.292 e. The largest absolute Gasteiger partial charge is 0.292 e. The molecular formula is C11H22N2. The summed E-state index contributed by atoms with van der Waals surface area (Å²) in [5.41, 5.74) is 0. The summed E-state index contributed by atoms with van der Waals surface area (Å²) in [5.74, 6) is 0.931. The van der Waals surface area contributed by atoms with Gasteiger partial charge < -0.3 is 0 Å². The van der Waals surface area contributed by atoms with Crippen molar-refractivity contribution < 1.29 is 0 Å². The average Bonchev–Trinajstić information content (AvgIpc) is 2.53. The fourth-order valence-electron chi connectivity index (χ4n) is 2.86. The Balaban J connectivity index is 1.91. The van der Waals surface area contributed by atoms with Crippen LogP contribution in [-0.4, -0.2) is 42.6 Å². The third-order valence-electron chi connectivity index (χ3n) is 3.73. The lowest BCUT2D eigenvalue weighted by Crippen LogP contribution is -2.40. The first-order valence-electron chi connectivity index (χ1n) is 5.70. The Morgan fingerprint density at radius 1 is 1.08 bits per heavy atom. The third kappa shape index (κ3) is 2.05. The molecular weight excluding hydrogens is 160 g/mol. The second-order valence-electron chi connectivity index (χ2n) is 4.86. The fraction of sp³-hybridized carbons (Fsp3) is 1.00. The number of hydrogen-bond donors (Lipinski definition) is 0. The van der Waals surface area contributed by atoms with Gasteiger partial charge in [0, 0.05) is 19.1 Å². The molecule has 76 valence electrons. The molecule has 2 rings (SSSR count). The molecule has 1 saturated heterocycles. The molecule has 1 saturated carbocycles. The highest BCUT2D eigenvalue weighted by molar-refractivity contribution is 4.83. The minimum atomic E-state index is 0.888. The Morgan fingerprint density at radius 3 is 2.46 bits per heavy atom. The molecule has 0 aromatic carbocycles. The number of nitrogens with zero attached hydrogens (tertiary/aromatic N) is 2. The Bertz CT molecular complexity index is 169. The van der Waals surface area contributed by atoms with Gasteiger partial charge in [-0.3, -0.25) is 9.80 Å². The normalized spacial score (nSPS) is 38.3. The minimum absolute atomic E-state index is 0.888. The third-order valence-corrected chi connectivity index (χ3v) is 3.73.